The van der Waals surface area contributed by atoms with Crippen molar-refractivity contribution in [3.05, 3.63) is 35.1 Å². The second kappa shape index (κ2) is 6.56. The first-order valence-electron chi connectivity index (χ1n) is 7.70. The van der Waals surface area contributed by atoms with E-state index in [1.165, 1.54) is 12.1 Å². The minimum atomic E-state index is -0.314. The summed E-state index contributed by atoms with van der Waals surface area (Å²) in [5, 5.41) is 3.08. The van der Waals surface area contributed by atoms with E-state index in [1.807, 2.05) is 0 Å². The van der Waals surface area contributed by atoms with Gasteiger partial charge in [0.15, 0.2) is 0 Å². The fourth-order valence-electron chi connectivity index (χ4n) is 3.04. The Morgan fingerprint density at radius 1 is 1.43 bits per heavy atom. The molecule has 1 N–H and O–H groups in total. The van der Waals surface area contributed by atoms with E-state index in [9.17, 15) is 9.18 Å². The highest BCUT2D eigenvalue weighted by Crippen LogP contribution is 2.31. The number of hydrogen-bond acceptors (Lipinski definition) is 2. The highest BCUT2D eigenvalue weighted by atomic mass is 19.1. The molecule has 1 aromatic carbocycles. The van der Waals surface area contributed by atoms with Crippen LogP contribution in [0.1, 0.15) is 55.5 Å². The normalized spacial score (nSPS) is 21.0. The van der Waals surface area contributed by atoms with Crippen molar-refractivity contribution in [2.24, 2.45) is 0 Å². The maximum atomic E-state index is 13.1. The predicted molar refractivity (Wildman–Crippen MR) is 80.9 cm³/mol. The Morgan fingerprint density at radius 2 is 2.14 bits per heavy atom. The molecule has 2 rings (SSSR count). The Labute approximate surface area is 125 Å². The third-order valence-electron chi connectivity index (χ3n) is 4.55. The lowest BCUT2D eigenvalue weighted by Gasteiger charge is -2.40. The van der Waals surface area contributed by atoms with Gasteiger partial charge in [-0.25, -0.2) is 4.39 Å². The molecule has 0 saturated carbocycles. The van der Waals surface area contributed by atoms with Crippen molar-refractivity contribution in [2.75, 3.05) is 6.61 Å². The van der Waals surface area contributed by atoms with E-state index < -0.39 is 0 Å². The zero-order valence-electron chi connectivity index (χ0n) is 13.0. The SMILES string of the molecule is CCC1(CC)CC(NC(=O)c2ccc(F)cc2C)CCO1. The number of aryl methyl sites for hydroxylation is 1. The molecule has 3 nitrogen and oxygen atoms in total. The molecule has 1 unspecified atom stereocenters. The largest absolute Gasteiger partial charge is 0.375 e. The maximum Gasteiger partial charge on any atom is 0.251 e. The number of nitrogens with one attached hydrogen (secondary N) is 1. The molecular formula is C17H24FNO2. The van der Waals surface area contributed by atoms with Gasteiger partial charge in [-0.1, -0.05) is 13.8 Å². The molecule has 1 amide bonds. The van der Waals surface area contributed by atoms with E-state index in [-0.39, 0.29) is 23.4 Å². The van der Waals surface area contributed by atoms with Crippen LogP contribution in [0.25, 0.3) is 0 Å². The molecule has 1 aliphatic rings. The van der Waals surface area contributed by atoms with E-state index in [1.54, 1.807) is 13.0 Å². The monoisotopic (exact) mass is 293 g/mol. The molecule has 1 atom stereocenters. The van der Waals surface area contributed by atoms with Crippen LogP contribution in [0.4, 0.5) is 4.39 Å². The molecule has 1 aliphatic heterocycles. The fraction of sp³-hybridized carbons (Fsp3) is 0.588. The van der Waals surface area contributed by atoms with Gasteiger partial charge in [0.2, 0.25) is 0 Å². The maximum absolute atomic E-state index is 13.1. The average molecular weight is 293 g/mol. The lowest BCUT2D eigenvalue weighted by molar-refractivity contribution is -0.0917. The number of ether oxygens (including phenoxy) is 1. The summed E-state index contributed by atoms with van der Waals surface area (Å²) in [4.78, 5) is 12.4. The van der Waals surface area contributed by atoms with Crippen molar-refractivity contribution in [1.82, 2.24) is 5.32 Å². The summed E-state index contributed by atoms with van der Waals surface area (Å²) >= 11 is 0. The molecule has 0 bridgehead atoms. The molecule has 1 fully saturated rings. The summed E-state index contributed by atoms with van der Waals surface area (Å²) < 4.78 is 19.0. The Morgan fingerprint density at radius 3 is 2.76 bits per heavy atom. The molecule has 116 valence electrons. The van der Waals surface area contributed by atoms with Crippen molar-refractivity contribution in [2.45, 2.75) is 58.1 Å². The smallest absolute Gasteiger partial charge is 0.251 e. The Hall–Kier alpha value is -1.42. The minimum Gasteiger partial charge on any atom is -0.375 e. The summed E-state index contributed by atoms with van der Waals surface area (Å²) in [5.41, 5.74) is 1.09. The summed E-state index contributed by atoms with van der Waals surface area (Å²) in [5.74, 6) is -0.438. The van der Waals surface area contributed by atoms with Crippen LogP contribution in [0.2, 0.25) is 0 Å². The van der Waals surface area contributed by atoms with E-state index in [2.05, 4.69) is 19.2 Å². The second-order valence-corrected chi connectivity index (χ2v) is 5.86. The Bertz CT molecular complexity index is 512. The minimum absolute atomic E-state index is 0.117. The quantitative estimate of drug-likeness (QED) is 0.921. The first-order chi connectivity index (χ1) is 9.99. The number of hydrogen-bond donors (Lipinski definition) is 1. The van der Waals surface area contributed by atoms with Crippen LogP contribution in [0, 0.1) is 12.7 Å². The van der Waals surface area contributed by atoms with Crippen LogP contribution in [0.5, 0.6) is 0 Å². The summed E-state index contributed by atoms with van der Waals surface area (Å²) in [7, 11) is 0. The molecule has 1 saturated heterocycles. The van der Waals surface area contributed by atoms with Crippen LogP contribution in [0.3, 0.4) is 0 Å². The number of carbonyl (C=O) groups is 1. The fourth-order valence-corrected chi connectivity index (χ4v) is 3.04. The molecule has 0 spiro atoms. The first-order valence-corrected chi connectivity index (χ1v) is 7.70. The second-order valence-electron chi connectivity index (χ2n) is 5.86. The van der Waals surface area contributed by atoms with Gasteiger partial charge in [0, 0.05) is 18.2 Å². The van der Waals surface area contributed by atoms with Crippen molar-refractivity contribution >= 4 is 5.91 Å². The van der Waals surface area contributed by atoms with Gasteiger partial charge in [-0.15, -0.1) is 0 Å². The lowest BCUT2D eigenvalue weighted by Crippen LogP contribution is -2.48. The van der Waals surface area contributed by atoms with Crippen LogP contribution >= 0.6 is 0 Å². The van der Waals surface area contributed by atoms with Crippen LogP contribution in [-0.2, 0) is 4.74 Å². The third kappa shape index (κ3) is 3.62. The Balaban J connectivity index is 2.05. The molecule has 1 aromatic rings. The van der Waals surface area contributed by atoms with Crippen molar-refractivity contribution in [1.29, 1.82) is 0 Å². The van der Waals surface area contributed by atoms with E-state index in [0.29, 0.717) is 17.7 Å². The van der Waals surface area contributed by atoms with Gasteiger partial charge < -0.3 is 10.1 Å². The number of carbonyl (C=O) groups excluding carboxylic acids is 1. The summed E-state index contributed by atoms with van der Waals surface area (Å²) in [6, 6.07) is 4.39. The van der Waals surface area contributed by atoms with Gasteiger partial charge in [0.05, 0.1) is 5.60 Å². The molecule has 4 heteroatoms. The zero-order chi connectivity index (χ0) is 15.5. The van der Waals surface area contributed by atoms with E-state index in [4.69, 9.17) is 4.74 Å². The average Bonchev–Trinajstić information content (AvgIpc) is 2.47. The predicted octanol–water partition coefficient (Wildman–Crippen LogP) is 3.60. The third-order valence-corrected chi connectivity index (χ3v) is 4.55. The molecule has 0 aliphatic carbocycles. The van der Waals surface area contributed by atoms with Gasteiger partial charge in [-0.3, -0.25) is 4.79 Å². The van der Waals surface area contributed by atoms with E-state index >= 15 is 0 Å². The molecule has 0 radical (unpaired) electrons. The van der Waals surface area contributed by atoms with E-state index in [0.717, 1.165) is 25.7 Å². The summed E-state index contributed by atoms with van der Waals surface area (Å²) in [6.45, 7) is 6.68. The van der Waals surface area contributed by atoms with Crippen molar-refractivity contribution in [3.8, 4) is 0 Å². The number of amides is 1. The van der Waals surface area contributed by atoms with Gasteiger partial charge >= 0.3 is 0 Å². The van der Waals surface area contributed by atoms with Gasteiger partial charge in [0.1, 0.15) is 5.82 Å². The molecular weight excluding hydrogens is 269 g/mol. The number of halogens is 1. The first kappa shape index (κ1) is 16.0. The highest BCUT2D eigenvalue weighted by Gasteiger charge is 2.35. The van der Waals surface area contributed by atoms with Gasteiger partial charge in [0.25, 0.3) is 5.91 Å². The number of benzene rings is 1. The van der Waals surface area contributed by atoms with Gasteiger partial charge in [-0.05, 0) is 56.4 Å². The molecule has 1 heterocycles. The Kier molecular flexibility index (Phi) is 4.99. The van der Waals surface area contributed by atoms with Crippen molar-refractivity contribution < 1.29 is 13.9 Å². The molecule has 0 aromatic heterocycles. The molecule has 21 heavy (non-hydrogen) atoms. The standard InChI is InChI=1S/C17H24FNO2/c1-4-17(5-2)11-14(8-9-21-17)19-16(20)15-7-6-13(18)10-12(15)3/h6-7,10,14H,4-5,8-9,11H2,1-3H3,(H,19,20). The van der Waals surface area contributed by atoms with Crippen LogP contribution < -0.4 is 5.32 Å². The number of rotatable bonds is 4. The van der Waals surface area contributed by atoms with Crippen molar-refractivity contribution in [3.63, 3.8) is 0 Å². The lowest BCUT2D eigenvalue weighted by atomic mass is 9.86. The van der Waals surface area contributed by atoms with Crippen LogP contribution in [-0.4, -0.2) is 24.2 Å². The summed E-state index contributed by atoms with van der Waals surface area (Å²) in [6.07, 6.45) is 3.57. The zero-order valence-corrected chi connectivity index (χ0v) is 13.0. The topological polar surface area (TPSA) is 38.3 Å². The highest BCUT2D eigenvalue weighted by molar-refractivity contribution is 5.95. The van der Waals surface area contributed by atoms with Crippen LogP contribution in [0.15, 0.2) is 18.2 Å². The van der Waals surface area contributed by atoms with Gasteiger partial charge in [-0.2, -0.15) is 0 Å².